The van der Waals surface area contributed by atoms with Crippen LogP contribution in [0, 0.1) is 11.3 Å². The summed E-state index contributed by atoms with van der Waals surface area (Å²) in [6, 6.07) is 14.0. The van der Waals surface area contributed by atoms with E-state index in [2.05, 4.69) is 5.32 Å². The number of rotatable bonds is 4. The minimum Gasteiger partial charge on any atom is -0.330 e. The summed E-state index contributed by atoms with van der Waals surface area (Å²) in [6.07, 6.45) is 0.615. The summed E-state index contributed by atoms with van der Waals surface area (Å²) in [5.41, 5.74) is 7.74. The van der Waals surface area contributed by atoms with Crippen molar-refractivity contribution in [3.8, 4) is 6.07 Å². The predicted molar refractivity (Wildman–Crippen MR) is 83.3 cm³/mol. The lowest BCUT2D eigenvalue weighted by Crippen LogP contribution is -2.16. The number of nitrogens with two attached hydrogens (primary N) is 1. The minimum atomic E-state index is -0.280. The SMILES string of the molecule is N#Cc1ccc(Cl)cc1NC(=O)c1ccccc1CCN. The average Bonchev–Trinajstić information content (AvgIpc) is 2.48. The molecule has 3 N–H and O–H groups in total. The topological polar surface area (TPSA) is 78.9 Å². The molecule has 0 saturated carbocycles. The summed E-state index contributed by atoms with van der Waals surface area (Å²) >= 11 is 5.91. The van der Waals surface area contributed by atoms with Gasteiger partial charge in [0.1, 0.15) is 6.07 Å². The number of nitrogens with one attached hydrogen (secondary N) is 1. The Kier molecular flexibility index (Phi) is 4.94. The van der Waals surface area contributed by atoms with E-state index in [-0.39, 0.29) is 5.91 Å². The van der Waals surface area contributed by atoms with Gasteiger partial charge >= 0.3 is 0 Å². The quantitative estimate of drug-likeness (QED) is 0.911. The Hall–Kier alpha value is -2.35. The highest BCUT2D eigenvalue weighted by Gasteiger charge is 2.13. The first-order chi connectivity index (χ1) is 10.2. The third kappa shape index (κ3) is 3.60. The van der Waals surface area contributed by atoms with E-state index in [0.717, 1.165) is 5.56 Å². The molecule has 2 rings (SSSR count). The molecule has 5 heteroatoms. The third-order valence-electron chi connectivity index (χ3n) is 3.03. The first-order valence-corrected chi connectivity index (χ1v) is 6.82. The Morgan fingerprint density at radius 1 is 1.29 bits per heavy atom. The lowest BCUT2D eigenvalue weighted by molar-refractivity contribution is 0.102. The number of amides is 1. The highest BCUT2D eigenvalue weighted by molar-refractivity contribution is 6.31. The van der Waals surface area contributed by atoms with Crippen molar-refractivity contribution in [1.82, 2.24) is 0 Å². The number of nitrogens with zero attached hydrogens (tertiary/aromatic N) is 1. The number of hydrogen-bond acceptors (Lipinski definition) is 3. The Labute approximate surface area is 128 Å². The van der Waals surface area contributed by atoms with Crippen molar-refractivity contribution >= 4 is 23.2 Å². The highest BCUT2D eigenvalue weighted by Crippen LogP contribution is 2.21. The van der Waals surface area contributed by atoms with Crippen molar-refractivity contribution in [3.63, 3.8) is 0 Å². The van der Waals surface area contributed by atoms with E-state index in [4.69, 9.17) is 22.6 Å². The van der Waals surface area contributed by atoms with Gasteiger partial charge in [0.05, 0.1) is 11.3 Å². The Balaban J connectivity index is 2.31. The maximum Gasteiger partial charge on any atom is 0.255 e. The zero-order valence-corrected chi connectivity index (χ0v) is 12.0. The van der Waals surface area contributed by atoms with Crippen LogP contribution in [0.5, 0.6) is 0 Å². The first-order valence-electron chi connectivity index (χ1n) is 6.44. The van der Waals surface area contributed by atoms with Gasteiger partial charge in [0.25, 0.3) is 5.91 Å². The number of carbonyl (C=O) groups is 1. The van der Waals surface area contributed by atoms with E-state index >= 15 is 0 Å². The van der Waals surface area contributed by atoms with Gasteiger partial charge in [0, 0.05) is 10.6 Å². The van der Waals surface area contributed by atoms with Crippen LogP contribution < -0.4 is 11.1 Å². The molecule has 0 aromatic heterocycles. The molecule has 0 aliphatic rings. The fourth-order valence-electron chi connectivity index (χ4n) is 2.02. The monoisotopic (exact) mass is 299 g/mol. The summed E-state index contributed by atoms with van der Waals surface area (Å²) < 4.78 is 0. The van der Waals surface area contributed by atoms with Gasteiger partial charge in [0.2, 0.25) is 0 Å². The van der Waals surface area contributed by atoms with Crippen LogP contribution in [-0.4, -0.2) is 12.5 Å². The van der Waals surface area contributed by atoms with Gasteiger partial charge in [-0.05, 0) is 42.8 Å². The van der Waals surface area contributed by atoms with Gasteiger partial charge in [-0.3, -0.25) is 4.79 Å². The van der Waals surface area contributed by atoms with E-state index in [9.17, 15) is 4.79 Å². The molecule has 0 unspecified atom stereocenters. The number of carbonyl (C=O) groups excluding carboxylic acids is 1. The number of hydrogen-bond donors (Lipinski definition) is 2. The van der Waals surface area contributed by atoms with Gasteiger partial charge in [-0.25, -0.2) is 0 Å². The van der Waals surface area contributed by atoms with Crippen LogP contribution in [0.2, 0.25) is 5.02 Å². The molecule has 1 amide bonds. The highest BCUT2D eigenvalue weighted by atomic mass is 35.5. The molecule has 2 aromatic rings. The minimum absolute atomic E-state index is 0.280. The van der Waals surface area contributed by atoms with Gasteiger partial charge in [-0.15, -0.1) is 0 Å². The number of halogens is 1. The van der Waals surface area contributed by atoms with Crippen LogP contribution in [0.4, 0.5) is 5.69 Å². The van der Waals surface area contributed by atoms with Crippen molar-refractivity contribution < 1.29 is 4.79 Å². The van der Waals surface area contributed by atoms with Crippen molar-refractivity contribution in [2.24, 2.45) is 5.73 Å². The largest absolute Gasteiger partial charge is 0.330 e. The maximum atomic E-state index is 12.4. The molecule has 0 atom stereocenters. The summed E-state index contributed by atoms with van der Waals surface area (Å²) in [5.74, 6) is -0.280. The lowest BCUT2D eigenvalue weighted by atomic mass is 10.0. The zero-order chi connectivity index (χ0) is 15.2. The van der Waals surface area contributed by atoms with Crippen LogP contribution in [0.25, 0.3) is 0 Å². The summed E-state index contributed by atoms with van der Waals surface area (Å²) in [5, 5.41) is 12.3. The Bertz CT molecular complexity index is 707. The summed E-state index contributed by atoms with van der Waals surface area (Å²) in [7, 11) is 0. The smallest absolute Gasteiger partial charge is 0.255 e. The molecule has 0 bridgehead atoms. The molecular formula is C16H14ClN3O. The molecule has 0 radical (unpaired) electrons. The van der Waals surface area contributed by atoms with Crippen molar-refractivity contribution in [2.45, 2.75) is 6.42 Å². The second kappa shape index (κ2) is 6.89. The molecule has 0 spiro atoms. The molecule has 2 aromatic carbocycles. The predicted octanol–water partition coefficient (Wildman–Crippen LogP) is 2.97. The molecule has 4 nitrogen and oxygen atoms in total. The molecule has 21 heavy (non-hydrogen) atoms. The van der Waals surface area contributed by atoms with Crippen LogP contribution in [0.1, 0.15) is 21.5 Å². The van der Waals surface area contributed by atoms with Crippen LogP contribution in [0.15, 0.2) is 42.5 Å². The van der Waals surface area contributed by atoms with Gasteiger partial charge in [-0.2, -0.15) is 5.26 Å². The van der Waals surface area contributed by atoms with Crippen molar-refractivity contribution in [1.29, 1.82) is 5.26 Å². The Morgan fingerprint density at radius 3 is 2.76 bits per heavy atom. The van der Waals surface area contributed by atoms with Gasteiger partial charge in [0.15, 0.2) is 0 Å². The average molecular weight is 300 g/mol. The van der Waals surface area contributed by atoms with Crippen LogP contribution in [-0.2, 0) is 6.42 Å². The lowest BCUT2D eigenvalue weighted by Gasteiger charge is -2.11. The number of nitriles is 1. The van der Waals surface area contributed by atoms with E-state index < -0.39 is 0 Å². The van der Waals surface area contributed by atoms with E-state index in [1.807, 2.05) is 18.2 Å². The third-order valence-corrected chi connectivity index (χ3v) is 3.26. The first kappa shape index (κ1) is 15.0. The molecule has 106 valence electrons. The van der Waals surface area contributed by atoms with E-state index in [0.29, 0.717) is 34.8 Å². The second-order valence-electron chi connectivity index (χ2n) is 4.45. The molecule has 0 aliphatic heterocycles. The molecule has 0 heterocycles. The number of anilines is 1. The summed E-state index contributed by atoms with van der Waals surface area (Å²) in [6.45, 7) is 0.463. The standard InChI is InChI=1S/C16H14ClN3O/c17-13-6-5-12(10-19)15(9-13)20-16(21)14-4-2-1-3-11(14)7-8-18/h1-6,9H,7-8,18H2,(H,20,21). The molecular weight excluding hydrogens is 286 g/mol. The summed E-state index contributed by atoms with van der Waals surface area (Å²) in [4.78, 5) is 12.4. The molecule has 0 fully saturated rings. The van der Waals surface area contributed by atoms with E-state index in [1.165, 1.54) is 0 Å². The van der Waals surface area contributed by atoms with Crippen LogP contribution in [0.3, 0.4) is 0 Å². The fraction of sp³-hybridized carbons (Fsp3) is 0.125. The zero-order valence-electron chi connectivity index (χ0n) is 11.3. The number of benzene rings is 2. The molecule has 0 saturated heterocycles. The van der Waals surface area contributed by atoms with E-state index in [1.54, 1.807) is 30.3 Å². The maximum absolute atomic E-state index is 12.4. The van der Waals surface area contributed by atoms with Crippen LogP contribution >= 0.6 is 11.6 Å². The van der Waals surface area contributed by atoms with Crippen molar-refractivity contribution in [2.75, 3.05) is 11.9 Å². The second-order valence-corrected chi connectivity index (χ2v) is 4.89. The van der Waals surface area contributed by atoms with Crippen molar-refractivity contribution in [3.05, 3.63) is 64.2 Å². The normalized spacial score (nSPS) is 9.95. The molecule has 0 aliphatic carbocycles. The van der Waals surface area contributed by atoms with Gasteiger partial charge < -0.3 is 11.1 Å². The fourth-order valence-corrected chi connectivity index (χ4v) is 2.19. The van der Waals surface area contributed by atoms with Gasteiger partial charge in [-0.1, -0.05) is 29.8 Å². The Morgan fingerprint density at radius 2 is 2.05 bits per heavy atom.